The third-order valence-corrected chi connectivity index (χ3v) is 4.46. The molecule has 0 aromatic heterocycles. The van der Waals surface area contributed by atoms with Crippen LogP contribution in [0.1, 0.15) is 32.8 Å². The quantitative estimate of drug-likeness (QED) is 0.915. The monoisotopic (exact) mass is 284 g/mol. The number of hydrogen-bond donors (Lipinski definition) is 1. The van der Waals surface area contributed by atoms with Crippen LogP contribution in [0.4, 0.5) is 4.39 Å². The highest BCUT2D eigenvalue weighted by Crippen LogP contribution is 2.26. The average molecular weight is 285 g/mol. The summed E-state index contributed by atoms with van der Waals surface area (Å²) >= 11 is 5.80. The molecule has 106 valence electrons. The zero-order valence-electron chi connectivity index (χ0n) is 11.8. The van der Waals surface area contributed by atoms with Gasteiger partial charge in [0.15, 0.2) is 0 Å². The molecule has 1 aromatic carbocycles. The lowest BCUT2D eigenvalue weighted by molar-refractivity contribution is 0.0444. The summed E-state index contributed by atoms with van der Waals surface area (Å²) in [6, 6.07) is 5.39. The van der Waals surface area contributed by atoms with Crippen molar-refractivity contribution in [3.05, 3.63) is 34.6 Å². The molecule has 1 fully saturated rings. The molecule has 1 aromatic rings. The van der Waals surface area contributed by atoms with Crippen LogP contribution in [0.25, 0.3) is 0 Å². The van der Waals surface area contributed by atoms with Crippen LogP contribution in [-0.4, -0.2) is 29.6 Å². The van der Waals surface area contributed by atoms with Crippen molar-refractivity contribution in [1.82, 2.24) is 10.2 Å². The van der Waals surface area contributed by atoms with Gasteiger partial charge in [-0.3, -0.25) is 4.90 Å². The molecule has 0 spiro atoms. The lowest BCUT2D eigenvalue weighted by atomic mass is 9.91. The Balaban J connectivity index is 2.19. The predicted octanol–water partition coefficient (Wildman–Crippen LogP) is 3.44. The Labute approximate surface area is 119 Å². The first-order chi connectivity index (χ1) is 8.94. The van der Waals surface area contributed by atoms with Crippen molar-refractivity contribution < 1.29 is 4.39 Å². The molecule has 2 atom stereocenters. The summed E-state index contributed by atoms with van der Waals surface area (Å²) in [5.41, 5.74) is 0.802. The highest BCUT2D eigenvalue weighted by Gasteiger charge is 2.35. The van der Waals surface area contributed by atoms with Crippen molar-refractivity contribution in [1.29, 1.82) is 0 Å². The van der Waals surface area contributed by atoms with E-state index < -0.39 is 0 Å². The van der Waals surface area contributed by atoms with Crippen molar-refractivity contribution in [2.24, 2.45) is 0 Å². The Bertz CT molecular complexity index is 452. The highest BCUT2D eigenvalue weighted by molar-refractivity contribution is 6.30. The standard InChI is InChI=1S/C15H22ClFN2/c1-4-15(3)10-18-11(2)8-19(15)9-12-5-6-13(16)7-14(12)17/h5-7,11,18H,4,8-10H2,1-3H3. The number of nitrogens with one attached hydrogen (secondary N) is 1. The fourth-order valence-corrected chi connectivity index (χ4v) is 2.74. The van der Waals surface area contributed by atoms with Crippen LogP contribution < -0.4 is 5.32 Å². The number of halogens is 2. The summed E-state index contributed by atoms with van der Waals surface area (Å²) in [5.74, 6) is -0.211. The molecular weight excluding hydrogens is 263 g/mol. The van der Waals surface area contributed by atoms with Crippen LogP contribution in [-0.2, 0) is 6.54 Å². The Hall–Kier alpha value is -0.640. The molecule has 1 saturated heterocycles. The topological polar surface area (TPSA) is 15.3 Å². The van der Waals surface area contributed by atoms with E-state index in [4.69, 9.17) is 11.6 Å². The van der Waals surface area contributed by atoms with Crippen molar-refractivity contribution in [2.75, 3.05) is 13.1 Å². The summed E-state index contributed by atoms with van der Waals surface area (Å²) in [7, 11) is 0. The van der Waals surface area contributed by atoms with Crippen molar-refractivity contribution >= 4 is 11.6 Å². The van der Waals surface area contributed by atoms with Gasteiger partial charge in [0.25, 0.3) is 0 Å². The van der Waals surface area contributed by atoms with E-state index in [0.29, 0.717) is 17.6 Å². The first-order valence-electron chi connectivity index (χ1n) is 6.87. The first-order valence-corrected chi connectivity index (χ1v) is 7.25. The molecule has 4 heteroatoms. The summed E-state index contributed by atoms with van der Waals surface area (Å²) in [6.45, 7) is 9.11. The van der Waals surface area contributed by atoms with Crippen LogP contribution in [0.3, 0.4) is 0 Å². The molecule has 1 heterocycles. The minimum absolute atomic E-state index is 0.0819. The van der Waals surface area contributed by atoms with Crippen molar-refractivity contribution in [3.63, 3.8) is 0 Å². The average Bonchev–Trinajstić information content (AvgIpc) is 2.37. The number of rotatable bonds is 3. The molecule has 0 saturated carbocycles. The largest absolute Gasteiger partial charge is 0.311 e. The van der Waals surface area contributed by atoms with Crippen LogP contribution in [0.5, 0.6) is 0 Å². The van der Waals surface area contributed by atoms with Gasteiger partial charge in [0.2, 0.25) is 0 Å². The van der Waals surface area contributed by atoms with E-state index in [1.54, 1.807) is 12.1 Å². The van der Waals surface area contributed by atoms with E-state index in [0.717, 1.165) is 25.1 Å². The Morgan fingerprint density at radius 3 is 2.89 bits per heavy atom. The maximum Gasteiger partial charge on any atom is 0.129 e. The van der Waals surface area contributed by atoms with Crippen LogP contribution in [0, 0.1) is 5.82 Å². The van der Waals surface area contributed by atoms with Gasteiger partial charge in [-0.15, -0.1) is 0 Å². The maximum atomic E-state index is 13.9. The van der Waals surface area contributed by atoms with E-state index in [-0.39, 0.29) is 11.4 Å². The molecule has 1 aliphatic rings. The molecule has 0 amide bonds. The smallest absolute Gasteiger partial charge is 0.129 e. The summed E-state index contributed by atoms with van der Waals surface area (Å²) in [4.78, 5) is 2.38. The summed E-state index contributed by atoms with van der Waals surface area (Å²) in [6.07, 6.45) is 1.04. The Kier molecular flexibility index (Phi) is 4.49. The molecule has 2 rings (SSSR count). The lowest BCUT2D eigenvalue weighted by Crippen LogP contribution is -2.61. The zero-order chi connectivity index (χ0) is 14.0. The second-order valence-corrected chi connectivity index (χ2v) is 6.19. The molecule has 0 bridgehead atoms. The third-order valence-electron chi connectivity index (χ3n) is 4.23. The van der Waals surface area contributed by atoms with Gasteiger partial charge in [-0.25, -0.2) is 4.39 Å². The van der Waals surface area contributed by atoms with Crippen molar-refractivity contribution in [2.45, 2.75) is 45.3 Å². The molecule has 2 nitrogen and oxygen atoms in total. The van der Waals surface area contributed by atoms with Gasteiger partial charge in [0, 0.05) is 41.8 Å². The van der Waals surface area contributed by atoms with E-state index in [1.807, 2.05) is 0 Å². The predicted molar refractivity (Wildman–Crippen MR) is 78.0 cm³/mol. The van der Waals surface area contributed by atoms with Gasteiger partial charge in [-0.05, 0) is 32.4 Å². The SMILES string of the molecule is CCC1(C)CNC(C)CN1Cc1ccc(Cl)cc1F. The third kappa shape index (κ3) is 3.28. The Morgan fingerprint density at radius 2 is 2.26 bits per heavy atom. The van der Waals surface area contributed by atoms with Gasteiger partial charge in [-0.2, -0.15) is 0 Å². The van der Waals surface area contributed by atoms with E-state index in [9.17, 15) is 4.39 Å². The molecule has 0 aliphatic carbocycles. The molecule has 2 unspecified atom stereocenters. The fourth-order valence-electron chi connectivity index (χ4n) is 2.58. The van der Waals surface area contributed by atoms with E-state index >= 15 is 0 Å². The van der Waals surface area contributed by atoms with Gasteiger partial charge in [-0.1, -0.05) is 24.6 Å². The molecule has 19 heavy (non-hydrogen) atoms. The van der Waals surface area contributed by atoms with Gasteiger partial charge in [0.1, 0.15) is 5.82 Å². The van der Waals surface area contributed by atoms with Gasteiger partial charge < -0.3 is 5.32 Å². The van der Waals surface area contributed by atoms with Crippen LogP contribution >= 0.6 is 11.6 Å². The summed E-state index contributed by atoms with van der Waals surface area (Å²) < 4.78 is 13.9. The van der Waals surface area contributed by atoms with Crippen molar-refractivity contribution in [3.8, 4) is 0 Å². The molecular formula is C15H22ClFN2. The van der Waals surface area contributed by atoms with Crippen LogP contribution in [0.2, 0.25) is 5.02 Å². The maximum absolute atomic E-state index is 13.9. The highest BCUT2D eigenvalue weighted by atomic mass is 35.5. The van der Waals surface area contributed by atoms with E-state index in [2.05, 4.69) is 31.0 Å². The number of benzene rings is 1. The lowest BCUT2D eigenvalue weighted by Gasteiger charge is -2.47. The fraction of sp³-hybridized carbons (Fsp3) is 0.600. The minimum atomic E-state index is -0.211. The molecule has 1 N–H and O–H groups in total. The second kappa shape index (κ2) is 5.78. The molecule has 1 aliphatic heterocycles. The van der Waals surface area contributed by atoms with Gasteiger partial charge in [0.05, 0.1) is 0 Å². The molecule has 0 radical (unpaired) electrons. The number of hydrogen-bond acceptors (Lipinski definition) is 2. The first kappa shape index (κ1) is 14.8. The normalized spacial score (nSPS) is 28.6. The zero-order valence-corrected chi connectivity index (χ0v) is 12.6. The Morgan fingerprint density at radius 1 is 1.53 bits per heavy atom. The number of nitrogens with zero attached hydrogens (tertiary/aromatic N) is 1. The van der Waals surface area contributed by atoms with E-state index in [1.165, 1.54) is 6.07 Å². The number of piperazine rings is 1. The summed E-state index contributed by atoms with van der Waals surface area (Å²) in [5, 5.41) is 3.96. The van der Waals surface area contributed by atoms with Gasteiger partial charge >= 0.3 is 0 Å². The second-order valence-electron chi connectivity index (χ2n) is 5.75. The van der Waals surface area contributed by atoms with Crippen LogP contribution in [0.15, 0.2) is 18.2 Å². The minimum Gasteiger partial charge on any atom is -0.311 e.